The Morgan fingerprint density at radius 2 is 1.72 bits per heavy atom. The summed E-state index contributed by atoms with van der Waals surface area (Å²) in [7, 11) is 0. The Morgan fingerprint density at radius 1 is 1.03 bits per heavy atom. The quantitative estimate of drug-likeness (QED) is 0.324. The van der Waals surface area contributed by atoms with Crippen molar-refractivity contribution in [3.05, 3.63) is 65.5 Å². The van der Waals surface area contributed by atoms with Gasteiger partial charge in [-0.2, -0.15) is 0 Å². The fraction of sp³-hybridized carbons (Fsp3) is 0.567. The highest BCUT2D eigenvalue weighted by Gasteiger charge is 2.50. The summed E-state index contributed by atoms with van der Waals surface area (Å²) in [4.78, 5) is 31.2. The van der Waals surface area contributed by atoms with Crippen molar-refractivity contribution in [1.82, 2.24) is 4.98 Å². The van der Waals surface area contributed by atoms with Crippen molar-refractivity contribution in [1.29, 1.82) is 0 Å². The SMILES string of the molecule is Cc1cc(CC(=O)C[N+]23CCC(CC2)[C@@H](OC(=O)C2(c4ccccc4)CCCCCC2)C3)ccn1.[Cl-]. The van der Waals surface area contributed by atoms with Crippen LogP contribution in [0.25, 0.3) is 0 Å². The summed E-state index contributed by atoms with van der Waals surface area (Å²) in [5.41, 5.74) is 2.57. The molecule has 6 heteroatoms. The third-order valence-electron chi connectivity index (χ3n) is 8.85. The second-order valence-electron chi connectivity index (χ2n) is 11.3. The highest BCUT2D eigenvalue weighted by atomic mass is 35.5. The van der Waals surface area contributed by atoms with Crippen molar-refractivity contribution in [2.24, 2.45) is 5.92 Å². The van der Waals surface area contributed by atoms with Gasteiger partial charge in [0.2, 0.25) is 0 Å². The first kappa shape index (κ1) is 26.8. The van der Waals surface area contributed by atoms with Gasteiger partial charge in [0.25, 0.3) is 0 Å². The number of quaternary nitrogens is 1. The van der Waals surface area contributed by atoms with Crippen LogP contribution in [0.5, 0.6) is 0 Å². The van der Waals surface area contributed by atoms with E-state index in [0.29, 0.717) is 18.9 Å². The lowest BCUT2D eigenvalue weighted by Crippen LogP contribution is -3.00. The standard InChI is InChI=1S/C30H39N2O3.ClH/c1-23-19-24(11-16-31-23)20-27(33)21-32-17-12-25(13-18-32)28(22-32)35-29(34)30(14-7-2-3-8-15-30)26-9-5-4-6-10-26;/h4-6,9-11,16,19,25,28H,2-3,7-8,12-15,17-18,20-22H2,1H3;1H/q+1;/p-1/t25?,28-,32?;/m0./s1. The van der Waals surface area contributed by atoms with E-state index in [1.165, 1.54) is 12.8 Å². The Labute approximate surface area is 221 Å². The molecule has 3 saturated heterocycles. The maximum atomic E-state index is 13.9. The first-order valence-corrected chi connectivity index (χ1v) is 13.5. The van der Waals surface area contributed by atoms with Gasteiger partial charge in [-0.1, -0.05) is 56.0 Å². The Bertz CT molecular complexity index is 1040. The van der Waals surface area contributed by atoms with E-state index in [-0.39, 0.29) is 30.3 Å². The number of hydrogen-bond acceptors (Lipinski definition) is 4. The minimum Gasteiger partial charge on any atom is -1.00 e. The van der Waals surface area contributed by atoms with Crippen molar-refractivity contribution >= 4 is 11.8 Å². The zero-order chi connectivity index (χ0) is 24.3. The number of aromatic nitrogens is 1. The molecule has 1 aromatic heterocycles. The highest BCUT2D eigenvalue weighted by Crippen LogP contribution is 2.42. The maximum Gasteiger partial charge on any atom is 0.317 e. The molecule has 0 amide bonds. The molecule has 0 radical (unpaired) electrons. The lowest BCUT2D eigenvalue weighted by atomic mass is 9.74. The number of Topliss-reactive ketones (excluding diaryl/α,β-unsaturated/α-hetero) is 1. The van der Waals surface area contributed by atoms with E-state index in [9.17, 15) is 9.59 Å². The van der Waals surface area contributed by atoms with Gasteiger partial charge in [-0.3, -0.25) is 14.6 Å². The molecule has 36 heavy (non-hydrogen) atoms. The van der Waals surface area contributed by atoms with Crippen molar-refractivity contribution in [2.75, 3.05) is 26.2 Å². The van der Waals surface area contributed by atoms with E-state index in [2.05, 4.69) is 17.1 Å². The fourth-order valence-corrected chi connectivity index (χ4v) is 6.90. The fourth-order valence-electron chi connectivity index (χ4n) is 6.90. The molecule has 1 saturated carbocycles. The minimum absolute atomic E-state index is 0. The van der Waals surface area contributed by atoms with Crippen molar-refractivity contribution < 1.29 is 31.2 Å². The number of carbonyl (C=O) groups is 2. The van der Waals surface area contributed by atoms with Crippen LogP contribution >= 0.6 is 0 Å². The molecule has 1 aromatic carbocycles. The summed E-state index contributed by atoms with van der Waals surface area (Å²) in [6.07, 6.45) is 10.5. The van der Waals surface area contributed by atoms with Crippen LogP contribution in [0, 0.1) is 12.8 Å². The molecule has 2 aromatic rings. The third kappa shape index (κ3) is 5.68. The maximum absolute atomic E-state index is 13.9. The Kier molecular flexibility index (Phi) is 8.52. The van der Waals surface area contributed by atoms with Crippen LogP contribution in [-0.4, -0.2) is 53.5 Å². The van der Waals surface area contributed by atoms with Gasteiger partial charge in [0, 0.05) is 37.1 Å². The van der Waals surface area contributed by atoms with Gasteiger partial charge < -0.3 is 21.6 Å². The molecule has 4 fully saturated rings. The number of pyridine rings is 1. The van der Waals surface area contributed by atoms with Crippen LogP contribution in [0.4, 0.5) is 0 Å². The molecule has 1 aliphatic carbocycles. The number of ether oxygens (including phenoxy) is 1. The molecular formula is C30H39ClN2O3. The number of benzene rings is 1. The predicted molar refractivity (Wildman–Crippen MR) is 136 cm³/mol. The molecule has 0 unspecified atom stereocenters. The van der Waals surface area contributed by atoms with Gasteiger partial charge >= 0.3 is 5.97 Å². The van der Waals surface area contributed by atoms with Crippen LogP contribution in [0.1, 0.15) is 68.2 Å². The van der Waals surface area contributed by atoms with E-state index in [1.54, 1.807) is 6.20 Å². The molecule has 3 aliphatic heterocycles. The second-order valence-corrected chi connectivity index (χ2v) is 11.3. The normalized spacial score (nSPS) is 26.9. The number of nitrogens with zero attached hydrogens (tertiary/aromatic N) is 2. The summed E-state index contributed by atoms with van der Waals surface area (Å²) in [6, 6.07) is 14.3. The summed E-state index contributed by atoms with van der Waals surface area (Å²) in [5.74, 6) is 0.669. The smallest absolute Gasteiger partial charge is 0.317 e. The summed E-state index contributed by atoms with van der Waals surface area (Å²) in [5, 5.41) is 0. The minimum atomic E-state index is -0.524. The molecule has 5 nitrogen and oxygen atoms in total. The number of hydrogen-bond donors (Lipinski definition) is 0. The van der Waals surface area contributed by atoms with Crippen molar-refractivity contribution in [3.63, 3.8) is 0 Å². The lowest BCUT2D eigenvalue weighted by molar-refractivity contribution is -0.939. The van der Waals surface area contributed by atoms with Gasteiger partial charge in [-0.15, -0.1) is 0 Å². The molecule has 4 heterocycles. The Balaban J connectivity index is 0.00000304. The lowest BCUT2D eigenvalue weighted by Gasteiger charge is -2.52. The molecule has 194 valence electrons. The van der Waals surface area contributed by atoms with E-state index in [0.717, 1.165) is 79.5 Å². The van der Waals surface area contributed by atoms with Crippen molar-refractivity contribution in [3.8, 4) is 0 Å². The summed E-state index contributed by atoms with van der Waals surface area (Å²) in [6.45, 7) is 5.31. The average molecular weight is 511 g/mol. The highest BCUT2D eigenvalue weighted by molar-refractivity contribution is 5.83. The Morgan fingerprint density at radius 3 is 2.39 bits per heavy atom. The topological polar surface area (TPSA) is 56.3 Å². The monoisotopic (exact) mass is 510 g/mol. The predicted octanol–water partition coefficient (Wildman–Crippen LogP) is 1.95. The van der Waals surface area contributed by atoms with Crippen LogP contribution < -0.4 is 12.4 Å². The number of piperidine rings is 3. The largest absolute Gasteiger partial charge is 1.00 e. The van der Waals surface area contributed by atoms with Crippen LogP contribution in [0.15, 0.2) is 48.7 Å². The summed E-state index contributed by atoms with van der Waals surface area (Å²) >= 11 is 0. The first-order valence-electron chi connectivity index (χ1n) is 13.5. The molecule has 6 rings (SSSR count). The van der Waals surface area contributed by atoms with Gasteiger partial charge in [-0.25, -0.2) is 0 Å². The Hall–Kier alpha value is -2.24. The van der Waals surface area contributed by atoms with Crippen molar-refractivity contribution in [2.45, 2.75) is 76.2 Å². The van der Waals surface area contributed by atoms with Crippen LogP contribution in [0.3, 0.4) is 0 Å². The van der Waals surface area contributed by atoms with Gasteiger partial charge in [-0.05, 0) is 43.0 Å². The molecule has 0 spiro atoms. The number of carbonyl (C=O) groups excluding carboxylic acids is 2. The second kappa shape index (κ2) is 11.4. The zero-order valence-electron chi connectivity index (χ0n) is 21.5. The molecule has 0 N–H and O–H groups in total. The summed E-state index contributed by atoms with van der Waals surface area (Å²) < 4.78 is 7.22. The third-order valence-corrected chi connectivity index (χ3v) is 8.85. The van der Waals surface area contributed by atoms with Gasteiger partial charge in [0.05, 0.1) is 18.5 Å². The first-order chi connectivity index (χ1) is 17.0. The van der Waals surface area contributed by atoms with E-state index in [4.69, 9.17) is 4.74 Å². The van der Waals surface area contributed by atoms with E-state index >= 15 is 0 Å². The number of aryl methyl sites for hydroxylation is 1. The number of rotatable bonds is 7. The van der Waals surface area contributed by atoms with Crippen LogP contribution in [0.2, 0.25) is 0 Å². The van der Waals surface area contributed by atoms with Crippen LogP contribution in [-0.2, 0) is 26.2 Å². The molecular weight excluding hydrogens is 472 g/mol. The van der Waals surface area contributed by atoms with Gasteiger partial charge in [0.15, 0.2) is 11.9 Å². The van der Waals surface area contributed by atoms with E-state index < -0.39 is 5.41 Å². The number of ketones is 1. The molecule has 4 aliphatic rings. The molecule has 1 atom stereocenters. The number of fused-ring (bicyclic) bond motifs is 3. The number of esters is 1. The average Bonchev–Trinajstić information content (AvgIpc) is 3.12. The number of halogens is 1. The zero-order valence-corrected chi connectivity index (χ0v) is 22.2. The molecule has 2 bridgehead atoms. The van der Waals surface area contributed by atoms with Gasteiger partial charge in [0.1, 0.15) is 13.1 Å². The van der Waals surface area contributed by atoms with E-state index in [1.807, 2.05) is 37.3 Å².